The molecule has 13 nitrogen and oxygen atoms in total. The lowest BCUT2D eigenvalue weighted by Crippen LogP contribution is -2.68. The van der Waals surface area contributed by atoms with Crippen molar-refractivity contribution in [1.82, 2.24) is 15.6 Å². The van der Waals surface area contributed by atoms with Gasteiger partial charge in [0, 0.05) is 16.3 Å². The van der Waals surface area contributed by atoms with E-state index in [0.29, 0.717) is 5.69 Å². The lowest BCUT2D eigenvalue weighted by atomic mass is 9.64. The van der Waals surface area contributed by atoms with Gasteiger partial charge in [0.1, 0.15) is 18.2 Å². The van der Waals surface area contributed by atoms with Crippen LogP contribution in [0.5, 0.6) is 0 Å². The van der Waals surface area contributed by atoms with E-state index in [1.165, 1.54) is 13.0 Å². The van der Waals surface area contributed by atoms with Gasteiger partial charge in [-0.05, 0) is 25.0 Å². The van der Waals surface area contributed by atoms with Gasteiger partial charge < -0.3 is 34.4 Å². The molecule has 1 aromatic carbocycles. The van der Waals surface area contributed by atoms with Crippen molar-refractivity contribution >= 4 is 36.5 Å². The van der Waals surface area contributed by atoms with Crippen molar-refractivity contribution in [2.24, 2.45) is 5.92 Å². The van der Waals surface area contributed by atoms with Crippen LogP contribution in [0, 0.1) is 5.92 Å². The number of carbonyl (C=O) groups excluding carboxylic acids is 4. The Morgan fingerprint density at radius 1 is 1.10 bits per heavy atom. The summed E-state index contributed by atoms with van der Waals surface area (Å²) in [5.74, 6) is -5.29. The number of ether oxygens (including phenoxy) is 1. The van der Waals surface area contributed by atoms with Crippen molar-refractivity contribution in [3.63, 3.8) is 0 Å². The lowest BCUT2D eigenvalue weighted by molar-refractivity contribution is -0.172. The molecule has 2 saturated heterocycles. The molecule has 5 atom stereocenters. The molecule has 2 aliphatic heterocycles. The van der Waals surface area contributed by atoms with E-state index >= 15 is 0 Å². The summed E-state index contributed by atoms with van der Waals surface area (Å²) in [6, 6.07) is 12.6. The number of methoxy groups -OCH3 is 1. The quantitative estimate of drug-likeness (QED) is 0.192. The Balaban J connectivity index is 1.56. The zero-order chi connectivity index (χ0) is 30.7. The molecule has 0 saturated carbocycles. The number of amides is 2. The van der Waals surface area contributed by atoms with Gasteiger partial charge in [-0.15, -0.1) is 0 Å². The van der Waals surface area contributed by atoms with Crippen LogP contribution >= 0.6 is 0 Å². The average Bonchev–Trinajstić information content (AvgIpc) is 3.15. The smallest absolute Gasteiger partial charge is 0.594 e. The van der Waals surface area contributed by atoms with Crippen molar-refractivity contribution < 1.29 is 47.8 Å². The third-order valence-electron chi connectivity index (χ3n) is 7.12. The predicted octanol–water partition coefficient (Wildman–Crippen LogP) is 0.570. The second kappa shape index (κ2) is 12.3. The Bertz CT molecular complexity index is 1370. The molecule has 1 unspecified atom stereocenters. The number of aromatic nitrogens is 1. The van der Waals surface area contributed by atoms with E-state index < -0.39 is 73.0 Å². The van der Waals surface area contributed by atoms with Gasteiger partial charge in [-0.25, -0.2) is 4.98 Å². The molecule has 2 amide bonds. The highest BCUT2D eigenvalue weighted by atomic mass is 16.8. The maximum atomic E-state index is 13.5. The van der Waals surface area contributed by atoms with Gasteiger partial charge in [-0.2, -0.15) is 0 Å². The molecule has 2 aliphatic rings. The fourth-order valence-electron chi connectivity index (χ4n) is 5.12. The number of aliphatic hydroxyl groups excluding tert-OH is 1. The highest BCUT2D eigenvalue weighted by Gasteiger charge is 2.68. The normalized spacial score (nSPS) is 23.3. The minimum atomic E-state index is -3.11. The van der Waals surface area contributed by atoms with Crippen LogP contribution in [0.1, 0.15) is 50.5 Å². The Morgan fingerprint density at radius 2 is 1.81 bits per heavy atom. The maximum Gasteiger partial charge on any atom is 0.594 e. The molecule has 42 heavy (non-hydrogen) atoms. The van der Waals surface area contributed by atoms with Crippen molar-refractivity contribution in [1.29, 1.82) is 0 Å². The van der Waals surface area contributed by atoms with Crippen LogP contribution in [-0.4, -0.2) is 82.0 Å². The second-order valence-corrected chi connectivity index (χ2v) is 10.9. The minimum Gasteiger partial charge on any atom is -0.717 e. The van der Waals surface area contributed by atoms with Crippen LogP contribution in [0.4, 0.5) is 0 Å². The molecular formula is C28H34BN3O10. The number of carbonyl (C=O) groups is 5. The topological polar surface area (TPSA) is 183 Å². The van der Waals surface area contributed by atoms with Gasteiger partial charge in [-0.3, -0.25) is 19.2 Å². The molecule has 2 fully saturated rings. The van der Waals surface area contributed by atoms with Crippen molar-refractivity contribution in [3.8, 4) is 11.3 Å². The van der Waals surface area contributed by atoms with Crippen LogP contribution in [0.15, 0.2) is 48.5 Å². The summed E-state index contributed by atoms with van der Waals surface area (Å²) in [6.07, 6.45) is -2.30. The summed E-state index contributed by atoms with van der Waals surface area (Å²) < 4.78 is 20.2. The van der Waals surface area contributed by atoms with Crippen LogP contribution in [0.2, 0.25) is 0 Å². The molecule has 2 bridgehead atoms. The Hall–Kier alpha value is -4.30. The van der Waals surface area contributed by atoms with Gasteiger partial charge in [0.15, 0.2) is 5.60 Å². The molecule has 0 radical (unpaired) electrons. The number of esters is 1. The van der Waals surface area contributed by atoms with E-state index in [9.17, 15) is 29.1 Å². The first kappa shape index (κ1) is 30.7. The zero-order valence-corrected chi connectivity index (χ0v) is 23.7. The highest BCUT2D eigenvalue weighted by Crippen LogP contribution is 2.42. The number of rotatable bonds is 11. The molecule has 1 aromatic heterocycles. The minimum absolute atomic E-state index is 0.0184. The number of pyridine rings is 1. The van der Waals surface area contributed by atoms with Crippen LogP contribution in [-0.2, 0) is 33.2 Å². The number of aliphatic hydroxyl groups is 1. The van der Waals surface area contributed by atoms with Crippen LogP contribution in [0.3, 0.4) is 0 Å². The van der Waals surface area contributed by atoms with E-state index in [2.05, 4.69) is 25.0 Å². The number of fused-ring (bicyclic) bond motifs is 2. The molecule has 2 aromatic rings. The standard InChI is InChI=1S/C28H34BN3O10/c1-16(2)13-21(29-40-23(35)15-28(42-29,27(38)41-29)14-22(34)39-4)31-26(37)24(17(3)33)32-25(36)20-12-8-11-19(30-20)18-9-6-5-7-10-18/h5-12,16-17,21,24,33,40H,13-15H2,1-4H3,(H,31,37)(H,32,36)/t17-,21+,24+,28+,29?/m1/s1. The molecule has 3 heterocycles. The third-order valence-corrected chi connectivity index (χ3v) is 7.12. The van der Waals surface area contributed by atoms with Crippen molar-refractivity contribution in [2.75, 3.05) is 7.11 Å². The third kappa shape index (κ3) is 6.44. The number of carboxylic acids is 1. The number of nitrogens with one attached hydrogen (secondary N) is 2. The van der Waals surface area contributed by atoms with Gasteiger partial charge >= 0.3 is 18.7 Å². The number of nitrogens with zero attached hydrogens (tertiary/aromatic N) is 1. The first-order valence-corrected chi connectivity index (χ1v) is 13.6. The molecule has 0 spiro atoms. The van der Waals surface area contributed by atoms with E-state index in [4.69, 9.17) is 9.31 Å². The van der Waals surface area contributed by atoms with E-state index in [-0.39, 0.29) is 18.0 Å². The Morgan fingerprint density at radius 3 is 2.45 bits per heavy atom. The number of aliphatic carboxylic acids is 1. The number of hydrogen-bond donors (Lipinski definition) is 3. The second-order valence-electron chi connectivity index (χ2n) is 10.9. The fraction of sp³-hybridized carbons (Fsp3) is 0.429. The fourth-order valence-corrected chi connectivity index (χ4v) is 5.12. The Labute approximate surface area is 242 Å². The molecule has 4 rings (SSSR count). The molecular weight excluding hydrogens is 549 g/mol. The summed E-state index contributed by atoms with van der Waals surface area (Å²) in [6.45, 7) is 1.86. The molecule has 4 N–H and O–H groups in total. The zero-order valence-electron chi connectivity index (χ0n) is 23.7. The molecule has 0 aliphatic carbocycles. The van der Waals surface area contributed by atoms with Crippen LogP contribution in [0.25, 0.3) is 11.3 Å². The summed E-state index contributed by atoms with van der Waals surface area (Å²) >= 11 is 0. The number of benzene rings is 1. The van der Waals surface area contributed by atoms with Crippen LogP contribution < -0.4 is 10.6 Å². The highest BCUT2D eigenvalue weighted by molar-refractivity contribution is 6.67. The van der Waals surface area contributed by atoms with Crippen molar-refractivity contribution in [2.45, 2.75) is 63.7 Å². The summed E-state index contributed by atoms with van der Waals surface area (Å²) in [5.41, 5.74) is -0.585. The molecule has 224 valence electrons. The summed E-state index contributed by atoms with van der Waals surface area (Å²) in [4.78, 5) is 68.7. The van der Waals surface area contributed by atoms with Gasteiger partial charge in [-0.1, -0.05) is 56.7 Å². The van der Waals surface area contributed by atoms with Gasteiger partial charge in [0.25, 0.3) is 11.9 Å². The predicted molar refractivity (Wildman–Crippen MR) is 148 cm³/mol. The van der Waals surface area contributed by atoms with E-state index in [1.807, 2.05) is 44.2 Å². The largest absolute Gasteiger partial charge is 0.717 e. The van der Waals surface area contributed by atoms with E-state index in [0.717, 1.165) is 12.7 Å². The summed E-state index contributed by atoms with van der Waals surface area (Å²) in [5, 5.41) is 15.6. The first-order valence-electron chi connectivity index (χ1n) is 13.6. The molecule has 14 heteroatoms. The maximum absolute atomic E-state index is 13.5. The first-order chi connectivity index (χ1) is 19.9. The monoisotopic (exact) mass is 583 g/mol. The summed E-state index contributed by atoms with van der Waals surface area (Å²) in [7, 11) is 1.13. The average molecular weight is 583 g/mol. The Kier molecular flexibility index (Phi) is 8.97. The SMILES string of the molecule is COC(=O)C[C@]12CC(=O)[OH+][B-]([C@H](CC(C)C)NC(=O)[C@@H](NC(=O)c3cccc(-c4ccccc4)n3)[C@@H](C)O)(OC1=O)O2. The van der Waals surface area contributed by atoms with E-state index in [1.54, 1.807) is 12.1 Å². The van der Waals surface area contributed by atoms with Gasteiger partial charge in [0.2, 0.25) is 5.91 Å². The number of hydrogen-bond acceptors (Lipinski definition) is 10. The van der Waals surface area contributed by atoms with Crippen molar-refractivity contribution in [3.05, 3.63) is 54.2 Å². The van der Waals surface area contributed by atoms with Gasteiger partial charge in [0.05, 0.1) is 25.3 Å². The lowest BCUT2D eigenvalue weighted by Gasteiger charge is -2.43.